The number of carbonyl (C=O) groups is 1. The second-order valence-electron chi connectivity index (χ2n) is 4.15. The van der Waals surface area contributed by atoms with Gasteiger partial charge in [0, 0.05) is 15.5 Å². The minimum atomic E-state index is -0.930. The van der Waals surface area contributed by atoms with Crippen LogP contribution in [-0.2, 0) is 4.74 Å². The van der Waals surface area contributed by atoms with E-state index < -0.39 is 17.6 Å². The maximum absolute atomic E-state index is 13.2. The van der Waals surface area contributed by atoms with Crippen LogP contribution in [0.2, 0.25) is 0 Å². The summed E-state index contributed by atoms with van der Waals surface area (Å²) in [5, 5.41) is 0. The van der Waals surface area contributed by atoms with Gasteiger partial charge in [-0.1, -0.05) is 11.8 Å². The van der Waals surface area contributed by atoms with Gasteiger partial charge in [0.15, 0.2) is 11.6 Å². The summed E-state index contributed by atoms with van der Waals surface area (Å²) < 4.78 is 31.0. The SMILES string of the molecule is CCOC(=O)c1ccc(N)c(Sc2ccc(F)c(F)c2)c1. The Morgan fingerprint density at radius 3 is 2.62 bits per heavy atom. The Bertz CT molecular complexity index is 677. The molecule has 0 bridgehead atoms. The summed E-state index contributed by atoms with van der Waals surface area (Å²) in [6.45, 7) is 1.99. The van der Waals surface area contributed by atoms with Crippen LogP contribution in [0.15, 0.2) is 46.2 Å². The molecule has 0 unspecified atom stereocenters. The van der Waals surface area contributed by atoms with Crippen molar-refractivity contribution in [1.29, 1.82) is 0 Å². The quantitative estimate of drug-likeness (QED) is 0.688. The summed E-state index contributed by atoms with van der Waals surface area (Å²) in [5.74, 6) is -2.29. The molecule has 0 radical (unpaired) electrons. The first-order valence-corrected chi connectivity index (χ1v) is 7.02. The lowest BCUT2D eigenvalue weighted by Gasteiger charge is -2.08. The molecule has 2 rings (SSSR count). The third-order valence-corrected chi connectivity index (χ3v) is 3.71. The van der Waals surface area contributed by atoms with Crippen molar-refractivity contribution in [2.75, 3.05) is 12.3 Å². The van der Waals surface area contributed by atoms with Gasteiger partial charge in [0.25, 0.3) is 0 Å². The molecule has 0 spiro atoms. The lowest BCUT2D eigenvalue weighted by molar-refractivity contribution is 0.0526. The van der Waals surface area contributed by atoms with Gasteiger partial charge in [0.2, 0.25) is 0 Å². The molecule has 2 N–H and O–H groups in total. The Kier molecular flexibility index (Phi) is 4.80. The standard InChI is InChI=1S/C15H13F2NO2S/c1-2-20-15(19)9-3-6-13(18)14(7-9)21-10-4-5-11(16)12(17)8-10/h3-8H,2,18H2,1H3. The first-order valence-electron chi connectivity index (χ1n) is 6.20. The summed E-state index contributed by atoms with van der Waals surface area (Å²) in [7, 11) is 0. The van der Waals surface area contributed by atoms with E-state index >= 15 is 0 Å². The van der Waals surface area contributed by atoms with Crippen LogP contribution in [0.5, 0.6) is 0 Å². The zero-order chi connectivity index (χ0) is 15.4. The van der Waals surface area contributed by atoms with Gasteiger partial charge in [-0.25, -0.2) is 13.6 Å². The average Bonchev–Trinajstić information content (AvgIpc) is 2.45. The predicted octanol–water partition coefficient (Wildman–Crippen LogP) is 3.87. The summed E-state index contributed by atoms with van der Waals surface area (Å²) in [5.41, 5.74) is 6.64. The highest BCUT2D eigenvalue weighted by Gasteiger charge is 2.11. The molecule has 3 nitrogen and oxygen atoms in total. The van der Waals surface area contributed by atoms with Crippen LogP contribution in [0.25, 0.3) is 0 Å². The third-order valence-electron chi connectivity index (χ3n) is 2.64. The largest absolute Gasteiger partial charge is 0.462 e. The van der Waals surface area contributed by atoms with Gasteiger partial charge in [0.05, 0.1) is 12.2 Å². The summed E-state index contributed by atoms with van der Waals surface area (Å²) >= 11 is 1.15. The van der Waals surface area contributed by atoms with Gasteiger partial charge in [-0.15, -0.1) is 0 Å². The van der Waals surface area contributed by atoms with Gasteiger partial charge < -0.3 is 10.5 Å². The smallest absolute Gasteiger partial charge is 0.338 e. The van der Waals surface area contributed by atoms with Crippen LogP contribution >= 0.6 is 11.8 Å². The fourth-order valence-corrected chi connectivity index (χ4v) is 2.56. The number of benzene rings is 2. The summed E-state index contributed by atoms with van der Waals surface area (Å²) in [4.78, 5) is 12.7. The Morgan fingerprint density at radius 1 is 1.19 bits per heavy atom. The molecule has 0 saturated heterocycles. The fourth-order valence-electron chi connectivity index (χ4n) is 1.63. The second-order valence-corrected chi connectivity index (χ2v) is 5.27. The molecule has 2 aromatic carbocycles. The highest BCUT2D eigenvalue weighted by atomic mass is 32.2. The average molecular weight is 309 g/mol. The molecular formula is C15H13F2NO2S. The molecule has 0 aromatic heterocycles. The minimum absolute atomic E-state index is 0.273. The number of nitrogen functional groups attached to an aromatic ring is 1. The van der Waals surface area contributed by atoms with Crippen LogP contribution in [0, 0.1) is 11.6 Å². The molecule has 0 atom stereocenters. The molecule has 0 amide bonds. The summed E-state index contributed by atoms with van der Waals surface area (Å²) in [6.07, 6.45) is 0. The van der Waals surface area contributed by atoms with E-state index in [0.717, 1.165) is 23.9 Å². The molecule has 0 saturated carbocycles. The van der Waals surface area contributed by atoms with Crippen LogP contribution in [0.4, 0.5) is 14.5 Å². The maximum Gasteiger partial charge on any atom is 0.338 e. The van der Waals surface area contributed by atoms with Crippen molar-refractivity contribution in [3.8, 4) is 0 Å². The van der Waals surface area contributed by atoms with E-state index in [0.29, 0.717) is 21.0 Å². The number of halogens is 2. The van der Waals surface area contributed by atoms with E-state index in [4.69, 9.17) is 10.5 Å². The maximum atomic E-state index is 13.2. The molecule has 2 aromatic rings. The molecule has 110 valence electrons. The van der Waals surface area contributed by atoms with Crippen molar-refractivity contribution in [3.05, 3.63) is 53.6 Å². The normalized spacial score (nSPS) is 10.4. The van der Waals surface area contributed by atoms with Crippen molar-refractivity contribution >= 4 is 23.4 Å². The Balaban J connectivity index is 2.28. The Morgan fingerprint density at radius 2 is 1.95 bits per heavy atom. The van der Waals surface area contributed by atoms with Gasteiger partial charge in [-0.2, -0.15) is 0 Å². The van der Waals surface area contributed by atoms with Crippen LogP contribution in [0.3, 0.4) is 0 Å². The van der Waals surface area contributed by atoms with Crippen molar-refractivity contribution < 1.29 is 18.3 Å². The van der Waals surface area contributed by atoms with Crippen molar-refractivity contribution in [3.63, 3.8) is 0 Å². The number of rotatable bonds is 4. The van der Waals surface area contributed by atoms with Crippen molar-refractivity contribution in [2.45, 2.75) is 16.7 Å². The van der Waals surface area contributed by atoms with Gasteiger partial charge in [-0.05, 0) is 43.3 Å². The fraction of sp³-hybridized carbons (Fsp3) is 0.133. The Labute approximate surface area is 125 Å². The molecular weight excluding hydrogens is 296 g/mol. The summed E-state index contributed by atoms with van der Waals surface area (Å²) in [6, 6.07) is 8.27. The van der Waals surface area contributed by atoms with Crippen molar-refractivity contribution in [2.24, 2.45) is 0 Å². The first-order chi connectivity index (χ1) is 10.0. The number of carbonyl (C=O) groups excluding carboxylic acids is 1. The van der Waals surface area contributed by atoms with E-state index in [9.17, 15) is 13.6 Å². The number of hydrogen-bond acceptors (Lipinski definition) is 4. The van der Waals surface area contributed by atoms with E-state index in [-0.39, 0.29) is 6.61 Å². The number of nitrogens with two attached hydrogens (primary N) is 1. The molecule has 6 heteroatoms. The van der Waals surface area contributed by atoms with E-state index in [2.05, 4.69) is 0 Å². The topological polar surface area (TPSA) is 52.3 Å². The predicted molar refractivity (Wildman–Crippen MR) is 77.3 cm³/mol. The molecule has 21 heavy (non-hydrogen) atoms. The molecule has 0 aliphatic carbocycles. The van der Waals surface area contributed by atoms with Gasteiger partial charge >= 0.3 is 5.97 Å². The van der Waals surface area contributed by atoms with E-state index in [1.165, 1.54) is 6.07 Å². The number of hydrogen-bond donors (Lipinski definition) is 1. The first kappa shape index (κ1) is 15.3. The van der Waals surface area contributed by atoms with Crippen LogP contribution < -0.4 is 5.73 Å². The van der Waals surface area contributed by atoms with E-state index in [1.54, 1.807) is 25.1 Å². The van der Waals surface area contributed by atoms with Gasteiger partial charge in [-0.3, -0.25) is 0 Å². The third kappa shape index (κ3) is 3.72. The lowest BCUT2D eigenvalue weighted by Crippen LogP contribution is -2.05. The van der Waals surface area contributed by atoms with Crippen LogP contribution in [-0.4, -0.2) is 12.6 Å². The zero-order valence-corrected chi connectivity index (χ0v) is 12.0. The highest BCUT2D eigenvalue weighted by molar-refractivity contribution is 7.99. The minimum Gasteiger partial charge on any atom is -0.462 e. The van der Waals surface area contributed by atoms with E-state index in [1.807, 2.05) is 0 Å². The second kappa shape index (κ2) is 6.58. The Hall–Kier alpha value is -2.08. The molecule has 0 fully saturated rings. The lowest BCUT2D eigenvalue weighted by atomic mass is 10.2. The molecule has 0 aliphatic rings. The highest BCUT2D eigenvalue weighted by Crippen LogP contribution is 2.33. The number of anilines is 1. The molecule has 0 aliphatic heterocycles. The number of ether oxygens (including phenoxy) is 1. The number of esters is 1. The zero-order valence-electron chi connectivity index (χ0n) is 11.2. The molecule has 0 heterocycles. The monoisotopic (exact) mass is 309 g/mol. The van der Waals surface area contributed by atoms with Crippen molar-refractivity contribution in [1.82, 2.24) is 0 Å². The van der Waals surface area contributed by atoms with Crippen LogP contribution in [0.1, 0.15) is 17.3 Å². The van der Waals surface area contributed by atoms with Gasteiger partial charge in [0.1, 0.15) is 0 Å².